The van der Waals surface area contributed by atoms with Gasteiger partial charge in [0.15, 0.2) is 0 Å². The lowest BCUT2D eigenvalue weighted by molar-refractivity contribution is 0.104. The number of hydrogen-bond donors (Lipinski definition) is 2. The van der Waals surface area contributed by atoms with Crippen LogP contribution in [0.25, 0.3) is 0 Å². The van der Waals surface area contributed by atoms with Crippen molar-refractivity contribution < 1.29 is 9.84 Å². The van der Waals surface area contributed by atoms with Crippen LogP contribution in [0.4, 0.5) is 0 Å². The Morgan fingerprint density at radius 3 is 2.58 bits per heavy atom. The molecule has 0 amide bonds. The normalized spacial score (nSPS) is 14.4. The molecule has 4 nitrogen and oxygen atoms in total. The summed E-state index contributed by atoms with van der Waals surface area (Å²) in [5.74, 6) is 0.780. The number of rotatable bonds is 8. The van der Waals surface area contributed by atoms with Gasteiger partial charge in [0, 0.05) is 30.1 Å². The van der Waals surface area contributed by atoms with Gasteiger partial charge in [-0.3, -0.25) is 0 Å². The highest BCUT2D eigenvalue weighted by atomic mass is 32.1. The van der Waals surface area contributed by atoms with Crippen molar-refractivity contribution in [2.24, 2.45) is 0 Å². The first-order valence-corrected chi connectivity index (χ1v) is 9.20. The molecule has 0 spiro atoms. The number of hydrogen-bond acceptors (Lipinski definition) is 5. The Morgan fingerprint density at radius 1 is 1.25 bits per heavy atom. The van der Waals surface area contributed by atoms with E-state index in [4.69, 9.17) is 4.74 Å². The first kappa shape index (κ1) is 18.9. The zero-order chi connectivity index (χ0) is 17.6. The number of benzene rings is 1. The van der Waals surface area contributed by atoms with Gasteiger partial charge >= 0.3 is 0 Å². The molecule has 1 aromatic heterocycles. The third kappa shape index (κ3) is 6.23. The smallest absolute Gasteiger partial charge is 0.119 e. The van der Waals surface area contributed by atoms with Crippen LogP contribution in [-0.4, -0.2) is 35.4 Å². The summed E-state index contributed by atoms with van der Waals surface area (Å²) in [5.41, 5.74) is 0.150. The van der Waals surface area contributed by atoms with E-state index in [1.165, 1.54) is 4.88 Å². The van der Waals surface area contributed by atoms with E-state index in [9.17, 15) is 5.11 Å². The van der Waals surface area contributed by atoms with Gasteiger partial charge in [-0.1, -0.05) is 39.0 Å². The Labute approximate surface area is 148 Å². The highest BCUT2D eigenvalue weighted by Crippen LogP contribution is 2.28. The molecule has 0 bridgehead atoms. The fourth-order valence-electron chi connectivity index (χ4n) is 2.19. The molecule has 0 saturated carbocycles. The summed E-state index contributed by atoms with van der Waals surface area (Å²) in [4.78, 5) is 5.82. The highest BCUT2D eigenvalue weighted by molar-refractivity contribution is 7.11. The Balaban J connectivity index is 1.70. The lowest BCUT2D eigenvalue weighted by Gasteiger charge is -2.17. The lowest BCUT2D eigenvalue weighted by Crippen LogP contribution is -2.37. The van der Waals surface area contributed by atoms with Crippen molar-refractivity contribution >= 4 is 11.3 Å². The van der Waals surface area contributed by atoms with Crippen LogP contribution in [0.3, 0.4) is 0 Å². The molecular weight excluding hydrogens is 320 g/mol. The number of aliphatic hydroxyl groups is 1. The number of ether oxygens (including phenoxy) is 1. The predicted molar refractivity (Wildman–Crippen MR) is 99.9 cm³/mol. The molecule has 24 heavy (non-hydrogen) atoms. The Bertz CT molecular complexity index is 607. The molecule has 2 aromatic rings. The summed E-state index contributed by atoms with van der Waals surface area (Å²) in [6, 6.07) is 9.81. The van der Waals surface area contributed by atoms with E-state index >= 15 is 0 Å². The van der Waals surface area contributed by atoms with Crippen LogP contribution >= 0.6 is 11.3 Å². The fraction of sp³-hybridized carbons (Fsp3) is 0.526. The van der Waals surface area contributed by atoms with E-state index in [-0.39, 0.29) is 18.1 Å². The second-order valence-corrected chi connectivity index (χ2v) is 8.27. The highest BCUT2D eigenvalue weighted by Gasteiger charge is 2.18. The summed E-state index contributed by atoms with van der Waals surface area (Å²) in [5, 5.41) is 14.5. The second-order valence-electron chi connectivity index (χ2n) is 7.16. The van der Waals surface area contributed by atoms with Gasteiger partial charge in [0.25, 0.3) is 0 Å². The lowest BCUT2D eigenvalue weighted by atomic mass is 9.96. The van der Waals surface area contributed by atoms with E-state index in [1.54, 1.807) is 11.3 Å². The van der Waals surface area contributed by atoms with Crippen molar-refractivity contribution in [2.45, 2.75) is 51.7 Å². The van der Waals surface area contributed by atoms with Crippen LogP contribution in [0.5, 0.6) is 5.75 Å². The molecule has 2 atom stereocenters. The summed E-state index contributed by atoms with van der Waals surface area (Å²) in [7, 11) is 0. The molecule has 2 rings (SSSR count). The number of nitrogens with one attached hydrogen (secondary N) is 1. The maximum atomic E-state index is 10.0. The SMILES string of the molecule is CC(Cc1ncc(C(C)(C)C)s1)NC[C@H](O)COc1ccccc1. The zero-order valence-corrected chi connectivity index (χ0v) is 15.8. The number of para-hydroxylation sites is 1. The third-order valence-electron chi connectivity index (χ3n) is 3.66. The minimum atomic E-state index is -0.533. The van der Waals surface area contributed by atoms with Crippen LogP contribution in [-0.2, 0) is 11.8 Å². The van der Waals surface area contributed by atoms with Gasteiger partial charge in [0.2, 0.25) is 0 Å². The van der Waals surface area contributed by atoms with Gasteiger partial charge in [-0.25, -0.2) is 4.98 Å². The molecule has 0 aliphatic heterocycles. The van der Waals surface area contributed by atoms with E-state index in [0.29, 0.717) is 6.54 Å². The third-order valence-corrected chi connectivity index (χ3v) is 5.11. The average Bonchev–Trinajstić information content (AvgIpc) is 3.00. The summed E-state index contributed by atoms with van der Waals surface area (Å²) >= 11 is 1.77. The first-order valence-electron chi connectivity index (χ1n) is 8.39. The molecule has 0 radical (unpaired) electrons. The van der Waals surface area contributed by atoms with Crippen LogP contribution in [0, 0.1) is 0 Å². The Hall–Kier alpha value is -1.43. The molecule has 0 aliphatic carbocycles. The van der Waals surface area contributed by atoms with Crippen molar-refractivity contribution in [2.75, 3.05) is 13.2 Å². The minimum absolute atomic E-state index is 0.150. The monoisotopic (exact) mass is 348 g/mol. The minimum Gasteiger partial charge on any atom is -0.491 e. The Kier molecular flexibility index (Phi) is 6.78. The molecule has 1 unspecified atom stereocenters. The first-order chi connectivity index (χ1) is 11.3. The number of aromatic nitrogens is 1. The molecule has 1 heterocycles. The van der Waals surface area contributed by atoms with Crippen LogP contribution < -0.4 is 10.1 Å². The maximum absolute atomic E-state index is 10.0. The standard InChI is InChI=1S/C19H28N2O2S/c1-14(10-18-21-12-17(24-18)19(2,3)4)20-11-15(22)13-23-16-8-6-5-7-9-16/h5-9,12,14-15,20,22H,10-11,13H2,1-4H3/t14?,15-/m0/s1. The van der Waals surface area contributed by atoms with Crippen molar-refractivity contribution in [1.29, 1.82) is 0 Å². The van der Waals surface area contributed by atoms with Crippen LogP contribution in [0.1, 0.15) is 37.6 Å². The molecule has 132 valence electrons. The largest absolute Gasteiger partial charge is 0.491 e. The topological polar surface area (TPSA) is 54.4 Å². The average molecular weight is 349 g/mol. The van der Waals surface area contributed by atoms with Crippen molar-refractivity contribution in [3.05, 3.63) is 46.4 Å². The van der Waals surface area contributed by atoms with Gasteiger partial charge in [-0.2, -0.15) is 0 Å². The molecule has 1 aromatic carbocycles. The molecule has 2 N–H and O–H groups in total. The quantitative estimate of drug-likeness (QED) is 0.768. The molecule has 0 fully saturated rings. The Morgan fingerprint density at radius 2 is 1.96 bits per heavy atom. The van der Waals surface area contributed by atoms with Gasteiger partial charge in [-0.15, -0.1) is 11.3 Å². The van der Waals surface area contributed by atoms with Crippen LogP contribution in [0.15, 0.2) is 36.5 Å². The van der Waals surface area contributed by atoms with E-state index in [2.05, 4.69) is 38.0 Å². The maximum Gasteiger partial charge on any atom is 0.119 e. The number of nitrogens with zero attached hydrogens (tertiary/aromatic N) is 1. The van der Waals surface area contributed by atoms with E-state index in [1.807, 2.05) is 36.5 Å². The van der Waals surface area contributed by atoms with E-state index in [0.717, 1.165) is 17.2 Å². The van der Waals surface area contributed by atoms with Crippen LogP contribution in [0.2, 0.25) is 0 Å². The predicted octanol–water partition coefficient (Wildman–Crippen LogP) is 3.40. The van der Waals surface area contributed by atoms with Gasteiger partial charge in [0.05, 0.1) is 5.01 Å². The van der Waals surface area contributed by atoms with Crippen molar-refractivity contribution in [1.82, 2.24) is 10.3 Å². The number of thiazole rings is 1. The van der Waals surface area contributed by atoms with Gasteiger partial charge < -0.3 is 15.2 Å². The molecule has 0 saturated heterocycles. The molecule has 5 heteroatoms. The molecular formula is C19H28N2O2S. The second kappa shape index (κ2) is 8.60. The summed E-state index contributed by atoms with van der Waals surface area (Å²) in [6.07, 6.45) is 2.32. The summed E-state index contributed by atoms with van der Waals surface area (Å²) in [6.45, 7) is 9.52. The van der Waals surface area contributed by atoms with E-state index < -0.39 is 6.10 Å². The van der Waals surface area contributed by atoms with Gasteiger partial charge in [0.1, 0.15) is 18.5 Å². The fourth-order valence-corrected chi connectivity index (χ4v) is 3.29. The van der Waals surface area contributed by atoms with Gasteiger partial charge in [-0.05, 0) is 24.5 Å². The number of aliphatic hydroxyl groups excluding tert-OH is 1. The zero-order valence-electron chi connectivity index (χ0n) is 15.0. The molecule has 0 aliphatic rings. The van der Waals surface area contributed by atoms with Crippen molar-refractivity contribution in [3.63, 3.8) is 0 Å². The summed E-state index contributed by atoms with van der Waals surface area (Å²) < 4.78 is 5.56. The van der Waals surface area contributed by atoms with Crippen molar-refractivity contribution in [3.8, 4) is 5.75 Å².